The molecule has 2 aliphatic heterocycles. The molecule has 2 saturated heterocycles. The van der Waals surface area contributed by atoms with Gasteiger partial charge in [-0.3, -0.25) is 14.5 Å². The normalized spacial score (nSPS) is 28.3. The highest BCUT2D eigenvalue weighted by Gasteiger charge is 2.41. The molecule has 0 amide bonds. The lowest BCUT2D eigenvalue weighted by molar-refractivity contribution is -0.167. The van der Waals surface area contributed by atoms with E-state index in [0.717, 1.165) is 0 Å². The maximum atomic E-state index is 10.9. The van der Waals surface area contributed by atoms with Crippen LogP contribution in [0.3, 0.4) is 0 Å². The largest absolute Gasteiger partial charge is 0.391 e. The number of carbonyl (C=O) groups is 2. The molecular weight excluding hydrogens is 210 g/mol. The number of sulfone groups is 1. The van der Waals surface area contributed by atoms with Crippen LogP contribution in [0.5, 0.6) is 0 Å². The van der Waals surface area contributed by atoms with E-state index in [1.54, 1.807) is 4.90 Å². The molecule has 0 aromatic heterocycles. The lowest BCUT2D eigenvalue weighted by Crippen LogP contribution is -2.58. The second-order valence-corrected chi connectivity index (χ2v) is 5.64. The van der Waals surface area contributed by atoms with Gasteiger partial charge in [0, 0.05) is 6.04 Å². The molecule has 0 aromatic carbocycles. The molecule has 0 aliphatic carbocycles. The van der Waals surface area contributed by atoms with Crippen molar-refractivity contribution in [2.45, 2.75) is 6.04 Å². The molecule has 0 spiro atoms. The van der Waals surface area contributed by atoms with Crippen molar-refractivity contribution in [3.8, 4) is 0 Å². The number of ether oxygens (including phenoxy) is 1. The molecule has 2 fully saturated rings. The van der Waals surface area contributed by atoms with E-state index in [1.807, 2.05) is 0 Å². The zero-order chi connectivity index (χ0) is 10.3. The second kappa shape index (κ2) is 3.03. The Balaban J connectivity index is 1.99. The Kier molecular flexibility index (Phi) is 2.07. The molecule has 0 saturated carbocycles. The SMILES string of the molecule is O=C1CN(C2CS(=O)(=O)C2)CC(=O)O1. The monoisotopic (exact) mass is 219 g/mol. The molecule has 14 heavy (non-hydrogen) atoms. The van der Waals surface area contributed by atoms with Gasteiger partial charge in [0.15, 0.2) is 9.84 Å². The van der Waals surface area contributed by atoms with Crippen LogP contribution in [0, 0.1) is 0 Å². The van der Waals surface area contributed by atoms with E-state index in [-0.39, 0.29) is 30.6 Å². The Morgan fingerprint density at radius 1 is 1.14 bits per heavy atom. The third-order valence-corrected chi connectivity index (χ3v) is 4.09. The summed E-state index contributed by atoms with van der Waals surface area (Å²) in [5.41, 5.74) is 0. The number of nitrogens with zero attached hydrogens (tertiary/aromatic N) is 1. The second-order valence-electron chi connectivity index (χ2n) is 3.48. The van der Waals surface area contributed by atoms with E-state index in [0.29, 0.717) is 0 Å². The first-order chi connectivity index (χ1) is 6.46. The number of hydrogen-bond donors (Lipinski definition) is 0. The van der Waals surface area contributed by atoms with Crippen molar-refractivity contribution in [2.24, 2.45) is 0 Å². The average molecular weight is 219 g/mol. The highest BCUT2D eigenvalue weighted by molar-refractivity contribution is 7.92. The Labute approximate surface area is 80.7 Å². The molecular formula is C7H9NO5S. The van der Waals surface area contributed by atoms with Gasteiger partial charge in [0.2, 0.25) is 0 Å². The molecule has 0 unspecified atom stereocenters. The number of hydrogen-bond acceptors (Lipinski definition) is 6. The summed E-state index contributed by atoms with van der Waals surface area (Å²) in [5, 5.41) is 0. The third kappa shape index (κ3) is 1.78. The first kappa shape index (κ1) is 9.60. The Bertz CT molecular complexity index is 359. The van der Waals surface area contributed by atoms with E-state index < -0.39 is 21.8 Å². The van der Waals surface area contributed by atoms with Crippen LogP contribution in [0.2, 0.25) is 0 Å². The minimum atomic E-state index is -2.92. The van der Waals surface area contributed by atoms with Gasteiger partial charge >= 0.3 is 11.9 Å². The van der Waals surface area contributed by atoms with Crippen molar-refractivity contribution < 1.29 is 22.7 Å². The van der Waals surface area contributed by atoms with E-state index in [1.165, 1.54) is 0 Å². The Hall–Kier alpha value is -0.950. The van der Waals surface area contributed by atoms with Crippen LogP contribution in [-0.2, 0) is 24.2 Å². The smallest absolute Gasteiger partial charge is 0.327 e. The maximum absolute atomic E-state index is 10.9. The number of carbonyl (C=O) groups excluding carboxylic acids is 2. The van der Waals surface area contributed by atoms with Gasteiger partial charge in [0.1, 0.15) is 0 Å². The van der Waals surface area contributed by atoms with Gasteiger partial charge in [-0.25, -0.2) is 8.42 Å². The number of cyclic esters (lactones) is 2. The molecule has 2 aliphatic rings. The maximum Gasteiger partial charge on any atom is 0.327 e. The predicted molar refractivity (Wildman–Crippen MR) is 45.1 cm³/mol. The highest BCUT2D eigenvalue weighted by atomic mass is 32.2. The van der Waals surface area contributed by atoms with Crippen LogP contribution in [0.25, 0.3) is 0 Å². The van der Waals surface area contributed by atoms with E-state index >= 15 is 0 Å². The van der Waals surface area contributed by atoms with Gasteiger partial charge in [0.05, 0.1) is 24.6 Å². The summed E-state index contributed by atoms with van der Waals surface area (Å²) in [5.74, 6) is -1.14. The summed E-state index contributed by atoms with van der Waals surface area (Å²) < 4.78 is 26.1. The number of rotatable bonds is 1. The average Bonchev–Trinajstić information content (AvgIpc) is 1.97. The predicted octanol–water partition coefficient (Wildman–Crippen LogP) is -1.83. The first-order valence-corrected chi connectivity index (χ1v) is 5.96. The minimum absolute atomic E-state index is 0.00588. The molecule has 0 atom stereocenters. The van der Waals surface area contributed by atoms with Crippen LogP contribution in [0.4, 0.5) is 0 Å². The third-order valence-electron chi connectivity index (χ3n) is 2.30. The molecule has 6 nitrogen and oxygen atoms in total. The van der Waals surface area contributed by atoms with E-state index in [4.69, 9.17) is 0 Å². The summed E-state index contributed by atoms with van der Waals surface area (Å²) in [6, 6.07) is -0.197. The van der Waals surface area contributed by atoms with Gasteiger partial charge in [-0.2, -0.15) is 0 Å². The van der Waals surface area contributed by atoms with Crippen LogP contribution >= 0.6 is 0 Å². The quantitative estimate of drug-likeness (QED) is 0.381. The standard InChI is InChI=1S/C7H9NO5S/c9-6-1-8(2-7(10)13-6)5-3-14(11,12)4-5/h5H,1-4H2. The van der Waals surface area contributed by atoms with Crippen molar-refractivity contribution >= 4 is 21.8 Å². The summed E-state index contributed by atoms with van der Waals surface area (Å²) >= 11 is 0. The van der Waals surface area contributed by atoms with Crippen molar-refractivity contribution in [3.05, 3.63) is 0 Å². The van der Waals surface area contributed by atoms with Crippen LogP contribution in [0.1, 0.15) is 0 Å². The van der Waals surface area contributed by atoms with Crippen molar-refractivity contribution in [1.29, 1.82) is 0 Å². The van der Waals surface area contributed by atoms with Gasteiger partial charge < -0.3 is 4.74 Å². The summed E-state index contributed by atoms with van der Waals surface area (Å²) in [6.45, 7) is 0.0118. The van der Waals surface area contributed by atoms with Crippen molar-refractivity contribution in [2.75, 3.05) is 24.6 Å². The van der Waals surface area contributed by atoms with Crippen molar-refractivity contribution in [1.82, 2.24) is 4.90 Å². The lowest BCUT2D eigenvalue weighted by atomic mass is 10.3. The Morgan fingerprint density at radius 2 is 1.64 bits per heavy atom. The summed E-state index contributed by atoms with van der Waals surface area (Å²) in [4.78, 5) is 23.3. The van der Waals surface area contributed by atoms with Crippen LogP contribution < -0.4 is 0 Å². The molecule has 2 heterocycles. The van der Waals surface area contributed by atoms with Gasteiger partial charge in [0.25, 0.3) is 0 Å². The first-order valence-electron chi connectivity index (χ1n) is 4.14. The molecule has 7 heteroatoms. The molecule has 0 N–H and O–H groups in total. The van der Waals surface area contributed by atoms with Gasteiger partial charge in [-0.05, 0) is 0 Å². The minimum Gasteiger partial charge on any atom is -0.391 e. The number of esters is 2. The summed E-state index contributed by atoms with van der Waals surface area (Å²) in [7, 11) is -2.92. The molecule has 0 bridgehead atoms. The Morgan fingerprint density at radius 3 is 2.07 bits per heavy atom. The fourth-order valence-electron chi connectivity index (χ4n) is 1.59. The molecule has 0 radical (unpaired) electrons. The zero-order valence-electron chi connectivity index (χ0n) is 7.30. The van der Waals surface area contributed by atoms with Crippen LogP contribution in [0.15, 0.2) is 0 Å². The number of morpholine rings is 1. The molecule has 2 rings (SSSR count). The summed E-state index contributed by atoms with van der Waals surface area (Å²) in [6.07, 6.45) is 0. The molecule has 0 aromatic rings. The van der Waals surface area contributed by atoms with Crippen molar-refractivity contribution in [3.63, 3.8) is 0 Å². The van der Waals surface area contributed by atoms with E-state index in [9.17, 15) is 18.0 Å². The molecule has 78 valence electrons. The van der Waals surface area contributed by atoms with Crippen LogP contribution in [-0.4, -0.2) is 55.9 Å². The highest BCUT2D eigenvalue weighted by Crippen LogP contribution is 2.18. The lowest BCUT2D eigenvalue weighted by Gasteiger charge is -2.37. The fourth-order valence-corrected chi connectivity index (χ4v) is 3.08. The van der Waals surface area contributed by atoms with E-state index in [2.05, 4.69) is 4.74 Å². The topological polar surface area (TPSA) is 80.8 Å². The zero-order valence-corrected chi connectivity index (χ0v) is 8.12. The fraction of sp³-hybridized carbons (Fsp3) is 0.714. The van der Waals surface area contributed by atoms with Gasteiger partial charge in [-0.1, -0.05) is 0 Å². The van der Waals surface area contributed by atoms with Gasteiger partial charge in [-0.15, -0.1) is 0 Å².